The minimum absolute atomic E-state index is 0.0105. The Morgan fingerprint density at radius 2 is 1.48 bits per heavy atom. The van der Waals surface area contributed by atoms with Gasteiger partial charge in [0.2, 0.25) is 10.0 Å². The molecule has 0 fully saturated rings. The van der Waals surface area contributed by atoms with Gasteiger partial charge >= 0.3 is 6.18 Å². The van der Waals surface area contributed by atoms with Crippen molar-refractivity contribution in [3.05, 3.63) is 102 Å². The molecule has 3 aromatic carbocycles. The van der Waals surface area contributed by atoms with E-state index < -0.39 is 34.2 Å². The Morgan fingerprint density at radius 3 is 2.12 bits per heavy atom. The molecule has 0 saturated carbocycles. The summed E-state index contributed by atoms with van der Waals surface area (Å²) < 4.78 is 66.4. The Labute approximate surface area is 189 Å². The van der Waals surface area contributed by atoms with Crippen molar-refractivity contribution < 1.29 is 26.4 Å². The molecule has 3 aromatic rings. The molecule has 172 valence electrons. The van der Waals surface area contributed by atoms with Gasteiger partial charge in [-0.1, -0.05) is 66.7 Å². The van der Waals surface area contributed by atoms with Crippen LogP contribution in [-0.4, -0.2) is 31.4 Å². The van der Waals surface area contributed by atoms with Crippen molar-refractivity contribution >= 4 is 22.1 Å². The van der Waals surface area contributed by atoms with E-state index in [2.05, 4.69) is 10.5 Å². The molecule has 6 nitrogen and oxygen atoms in total. The standard InChI is InChI=1S/C23H20F3N3O3S/c24-23(25,26)21-14-8-7-11-19(21)15-27-28-22(30)17-29(16-18-9-3-1-4-10-18)33(31,32)20-12-5-2-6-13-20/h1-15H,16-17H2,(H,28,30)/b27-15-. The lowest BCUT2D eigenvalue weighted by Crippen LogP contribution is -2.39. The molecule has 0 atom stereocenters. The fourth-order valence-electron chi connectivity index (χ4n) is 2.99. The fourth-order valence-corrected chi connectivity index (χ4v) is 4.40. The summed E-state index contributed by atoms with van der Waals surface area (Å²) in [6.07, 6.45) is -3.71. The number of carbonyl (C=O) groups is 1. The largest absolute Gasteiger partial charge is 0.417 e. The third-order valence-electron chi connectivity index (χ3n) is 4.56. The number of alkyl halides is 3. The van der Waals surface area contributed by atoms with E-state index in [-0.39, 0.29) is 17.0 Å². The van der Waals surface area contributed by atoms with Gasteiger partial charge in [0, 0.05) is 12.1 Å². The van der Waals surface area contributed by atoms with Gasteiger partial charge in [-0.3, -0.25) is 4.79 Å². The predicted octanol–water partition coefficient (Wildman–Crippen LogP) is 4.05. The molecule has 1 N–H and O–H groups in total. The average molecular weight is 475 g/mol. The minimum atomic E-state index is -4.58. The lowest BCUT2D eigenvalue weighted by Gasteiger charge is -2.21. The quantitative estimate of drug-likeness (QED) is 0.395. The normalized spacial score (nSPS) is 12.2. The molecule has 3 rings (SSSR count). The SMILES string of the molecule is O=C(CN(Cc1ccccc1)S(=O)(=O)c1ccccc1)N/N=C\c1ccccc1C(F)(F)F. The van der Waals surface area contributed by atoms with Crippen molar-refractivity contribution in [1.82, 2.24) is 9.73 Å². The van der Waals surface area contributed by atoms with E-state index in [1.165, 1.54) is 30.3 Å². The van der Waals surface area contributed by atoms with Crippen LogP contribution in [0.4, 0.5) is 13.2 Å². The van der Waals surface area contributed by atoms with E-state index in [1.54, 1.807) is 48.5 Å². The van der Waals surface area contributed by atoms with Crippen LogP contribution < -0.4 is 5.43 Å². The zero-order valence-electron chi connectivity index (χ0n) is 17.2. The summed E-state index contributed by atoms with van der Waals surface area (Å²) in [5.41, 5.74) is 1.63. The number of hydrogen-bond donors (Lipinski definition) is 1. The van der Waals surface area contributed by atoms with Crippen molar-refractivity contribution in [2.75, 3.05) is 6.54 Å². The summed E-state index contributed by atoms with van der Waals surface area (Å²) in [4.78, 5) is 12.5. The molecule has 1 amide bonds. The van der Waals surface area contributed by atoms with Crippen LogP contribution in [0.2, 0.25) is 0 Å². The van der Waals surface area contributed by atoms with E-state index in [4.69, 9.17) is 0 Å². The number of hydrazone groups is 1. The summed E-state index contributed by atoms with van der Waals surface area (Å²) in [6, 6.07) is 21.1. The van der Waals surface area contributed by atoms with Crippen LogP contribution in [0.5, 0.6) is 0 Å². The Morgan fingerprint density at radius 1 is 0.909 bits per heavy atom. The van der Waals surface area contributed by atoms with Gasteiger partial charge in [0.05, 0.1) is 23.2 Å². The molecule has 0 bridgehead atoms. The second-order valence-corrected chi connectivity index (χ2v) is 8.89. The van der Waals surface area contributed by atoms with Crippen molar-refractivity contribution in [3.63, 3.8) is 0 Å². The Bertz CT molecular complexity index is 1220. The maximum Gasteiger partial charge on any atom is 0.417 e. The summed E-state index contributed by atoms with van der Waals surface area (Å²) in [6.45, 7) is -0.656. The first-order valence-corrected chi connectivity index (χ1v) is 11.2. The fraction of sp³-hybridized carbons (Fsp3) is 0.130. The van der Waals surface area contributed by atoms with Crippen LogP contribution in [0.1, 0.15) is 16.7 Å². The topological polar surface area (TPSA) is 78.8 Å². The van der Waals surface area contributed by atoms with Crippen LogP contribution >= 0.6 is 0 Å². The van der Waals surface area contributed by atoms with Gasteiger partial charge in [-0.15, -0.1) is 0 Å². The molecule has 0 radical (unpaired) electrons. The van der Waals surface area contributed by atoms with Gasteiger partial charge in [-0.05, 0) is 23.8 Å². The number of nitrogens with one attached hydrogen (secondary N) is 1. The van der Waals surface area contributed by atoms with Gasteiger partial charge < -0.3 is 0 Å². The molecule has 0 aliphatic carbocycles. The summed E-state index contributed by atoms with van der Waals surface area (Å²) in [5, 5.41) is 3.58. The highest BCUT2D eigenvalue weighted by atomic mass is 32.2. The third kappa shape index (κ3) is 6.50. The number of sulfonamides is 1. The number of amides is 1. The van der Waals surface area contributed by atoms with Crippen molar-refractivity contribution in [1.29, 1.82) is 0 Å². The first-order chi connectivity index (χ1) is 15.7. The number of carbonyl (C=O) groups excluding carboxylic acids is 1. The minimum Gasteiger partial charge on any atom is -0.272 e. The van der Waals surface area contributed by atoms with Crippen LogP contribution in [0.25, 0.3) is 0 Å². The highest BCUT2D eigenvalue weighted by Crippen LogP contribution is 2.31. The van der Waals surface area contributed by atoms with Gasteiger partial charge in [0.1, 0.15) is 0 Å². The first-order valence-electron chi connectivity index (χ1n) is 9.75. The molecule has 0 spiro atoms. The molecule has 0 unspecified atom stereocenters. The van der Waals surface area contributed by atoms with E-state index in [9.17, 15) is 26.4 Å². The first kappa shape index (κ1) is 24.1. The molecule has 0 saturated heterocycles. The zero-order valence-corrected chi connectivity index (χ0v) is 18.1. The summed E-state index contributed by atoms with van der Waals surface area (Å²) in [7, 11) is -4.03. The van der Waals surface area contributed by atoms with E-state index in [1.807, 2.05) is 0 Å². The highest BCUT2D eigenvalue weighted by molar-refractivity contribution is 7.89. The van der Waals surface area contributed by atoms with Crippen molar-refractivity contribution in [3.8, 4) is 0 Å². The van der Waals surface area contributed by atoms with Crippen LogP contribution in [0.3, 0.4) is 0 Å². The lowest BCUT2D eigenvalue weighted by atomic mass is 10.1. The van der Waals surface area contributed by atoms with Crippen molar-refractivity contribution in [2.45, 2.75) is 17.6 Å². The maximum atomic E-state index is 13.1. The summed E-state index contributed by atoms with van der Waals surface area (Å²) in [5.74, 6) is -0.800. The number of nitrogens with zero attached hydrogens (tertiary/aromatic N) is 2. The van der Waals surface area contributed by atoms with Crippen molar-refractivity contribution in [2.24, 2.45) is 5.10 Å². The van der Waals surface area contributed by atoms with Gasteiger partial charge in [-0.2, -0.15) is 22.6 Å². The molecular weight excluding hydrogens is 455 g/mol. The monoisotopic (exact) mass is 475 g/mol. The molecule has 33 heavy (non-hydrogen) atoms. The van der Waals surface area contributed by atoms with E-state index in [0.29, 0.717) is 5.56 Å². The number of rotatable bonds is 8. The smallest absolute Gasteiger partial charge is 0.272 e. The molecule has 0 aliphatic heterocycles. The molecule has 10 heteroatoms. The second kappa shape index (κ2) is 10.4. The Hall–Kier alpha value is -3.50. The average Bonchev–Trinajstić information content (AvgIpc) is 2.79. The van der Waals surface area contributed by atoms with Crippen LogP contribution in [0, 0.1) is 0 Å². The zero-order chi connectivity index (χ0) is 23.9. The van der Waals surface area contributed by atoms with Crippen LogP contribution in [-0.2, 0) is 27.5 Å². The summed E-state index contributed by atoms with van der Waals surface area (Å²) >= 11 is 0. The van der Waals surface area contributed by atoms with Crippen LogP contribution in [0.15, 0.2) is 94.9 Å². The second-order valence-electron chi connectivity index (χ2n) is 6.95. The van der Waals surface area contributed by atoms with E-state index in [0.717, 1.165) is 16.6 Å². The van der Waals surface area contributed by atoms with Gasteiger partial charge in [-0.25, -0.2) is 13.8 Å². The van der Waals surface area contributed by atoms with Gasteiger partial charge in [0.15, 0.2) is 0 Å². The molecule has 0 aliphatic rings. The molecular formula is C23H20F3N3O3S. The number of halogens is 3. The van der Waals surface area contributed by atoms with E-state index >= 15 is 0 Å². The Balaban J connectivity index is 1.78. The lowest BCUT2D eigenvalue weighted by molar-refractivity contribution is -0.137. The third-order valence-corrected chi connectivity index (χ3v) is 6.37. The molecule has 0 heterocycles. The number of hydrogen-bond acceptors (Lipinski definition) is 4. The Kier molecular flexibility index (Phi) is 7.62. The van der Waals surface area contributed by atoms with Gasteiger partial charge in [0.25, 0.3) is 5.91 Å². The number of benzene rings is 3. The molecule has 0 aromatic heterocycles. The highest BCUT2D eigenvalue weighted by Gasteiger charge is 2.32. The maximum absolute atomic E-state index is 13.1. The predicted molar refractivity (Wildman–Crippen MR) is 118 cm³/mol.